The van der Waals surface area contributed by atoms with Crippen molar-refractivity contribution < 1.29 is 24.2 Å². The third-order valence-corrected chi connectivity index (χ3v) is 1.29. The zero-order valence-electron chi connectivity index (χ0n) is 7.29. The predicted molar refractivity (Wildman–Crippen MR) is 39.8 cm³/mol. The maximum absolute atomic E-state index is 11.0. The van der Waals surface area contributed by atoms with Crippen molar-refractivity contribution in [3.63, 3.8) is 0 Å². The Labute approximate surface area is 70.3 Å². The number of hydrogen-bond acceptors (Lipinski definition) is 4. The quantitative estimate of drug-likeness (QED) is 0.646. The summed E-state index contributed by atoms with van der Waals surface area (Å²) in [6.07, 6.45) is -1.40. The van der Waals surface area contributed by atoms with Crippen LogP contribution in [0.3, 0.4) is 0 Å². The molecule has 0 rings (SSSR count). The fraction of sp³-hybridized carbons (Fsp3) is 0.714. The first kappa shape index (κ1) is 10.7. The van der Waals surface area contributed by atoms with E-state index in [0.717, 1.165) is 0 Å². The molecule has 0 radical (unpaired) electrons. The molecule has 1 N–H and O–H groups in total. The maximum Gasteiger partial charge on any atom is 0.505 e. The molecule has 70 valence electrons. The van der Waals surface area contributed by atoms with E-state index in [2.05, 4.69) is 9.47 Å². The lowest BCUT2D eigenvalue weighted by atomic mass is 9.95. The smallest absolute Gasteiger partial charge is 0.469 e. The first-order chi connectivity index (χ1) is 5.40. The van der Waals surface area contributed by atoms with Crippen molar-refractivity contribution in [1.82, 2.24) is 0 Å². The van der Waals surface area contributed by atoms with Crippen LogP contribution in [0.4, 0.5) is 4.79 Å². The van der Waals surface area contributed by atoms with Gasteiger partial charge in [-0.25, -0.2) is 4.79 Å². The number of carbonyl (C=O) groups excluding carboxylic acids is 1. The third-order valence-electron chi connectivity index (χ3n) is 1.29. The molecular formula is C7H12O5. The number of carboxylic acid groups (broad SMARTS) is 1. The van der Waals surface area contributed by atoms with Gasteiger partial charge in [0.15, 0.2) is 0 Å². The van der Waals surface area contributed by atoms with Crippen LogP contribution >= 0.6 is 0 Å². The lowest BCUT2D eigenvalue weighted by Crippen LogP contribution is -2.31. The van der Waals surface area contributed by atoms with Gasteiger partial charge in [0.05, 0.1) is 12.5 Å². The van der Waals surface area contributed by atoms with Gasteiger partial charge in [-0.05, 0) is 13.8 Å². The summed E-state index contributed by atoms with van der Waals surface area (Å²) in [5.74, 6) is -0.497. The Hall–Kier alpha value is -1.26. The van der Waals surface area contributed by atoms with Gasteiger partial charge in [-0.15, -0.1) is 0 Å². The van der Waals surface area contributed by atoms with E-state index in [1.165, 1.54) is 7.11 Å². The van der Waals surface area contributed by atoms with E-state index in [1.807, 2.05) is 0 Å². The van der Waals surface area contributed by atoms with Gasteiger partial charge in [-0.2, -0.15) is 0 Å². The van der Waals surface area contributed by atoms with E-state index in [0.29, 0.717) is 0 Å². The van der Waals surface area contributed by atoms with Gasteiger partial charge >= 0.3 is 12.1 Å². The van der Waals surface area contributed by atoms with Crippen molar-refractivity contribution in [2.24, 2.45) is 5.41 Å². The van der Waals surface area contributed by atoms with Crippen molar-refractivity contribution >= 4 is 12.1 Å². The van der Waals surface area contributed by atoms with Gasteiger partial charge in [0.2, 0.25) is 0 Å². The fourth-order valence-corrected chi connectivity index (χ4v) is 0.577. The van der Waals surface area contributed by atoms with Crippen LogP contribution in [0.15, 0.2) is 0 Å². The van der Waals surface area contributed by atoms with Gasteiger partial charge in [0.25, 0.3) is 0 Å². The summed E-state index contributed by atoms with van der Waals surface area (Å²) in [6.45, 7) is 2.89. The highest BCUT2D eigenvalue weighted by molar-refractivity contribution is 5.76. The molecule has 0 fully saturated rings. The van der Waals surface area contributed by atoms with Crippen LogP contribution in [0, 0.1) is 5.41 Å². The predicted octanol–water partition coefficient (Wildman–Crippen LogP) is 0.880. The summed E-state index contributed by atoms with van der Waals surface area (Å²) in [5.41, 5.74) is -0.923. The Kier molecular flexibility index (Phi) is 3.53. The molecule has 5 nitrogen and oxygen atoms in total. The Morgan fingerprint density at radius 3 is 2.25 bits per heavy atom. The Balaban J connectivity index is 4.03. The standard InChI is InChI=1S/C7H12O5/c1-7(2,5(8)11-3)4-12-6(9)10/h4H2,1-3H3,(H,9,10). The van der Waals surface area contributed by atoms with Crippen LogP contribution in [0.1, 0.15) is 13.8 Å². The zero-order chi connectivity index (χ0) is 9.78. The second-order valence-corrected chi connectivity index (χ2v) is 2.93. The Morgan fingerprint density at radius 1 is 1.42 bits per heavy atom. The molecule has 0 aliphatic rings. The molecule has 0 unspecified atom stereocenters. The molecule has 0 saturated heterocycles. The molecule has 0 bridgehead atoms. The van der Waals surface area contributed by atoms with Crippen molar-refractivity contribution in [1.29, 1.82) is 0 Å². The molecule has 12 heavy (non-hydrogen) atoms. The zero-order valence-corrected chi connectivity index (χ0v) is 7.29. The monoisotopic (exact) mass is 176 g/mol. The highest BCUT2D eigenvalue weighted by Crippen LogP contribution is 2.17. The number of methoxy groups -OCH3 is 1. The van der Waals surface area contributed by atoms with E-state index in [9.17, 15) is 9.59 Å². The summed E-state index contributed by atoms with van der Waals surface area (Å²) >= 11 is 0. The van der Waals surface area contributed by atoms with E-state index in [-0.39, 0.29) is 6.61 Å². The largest absolute Gasteiger partial charge is 0.505 e. The van der Waals surface area contributed by atoms with E-state index in [1.54, 1.807) is 13.8 Å². The van der Waals surface area contributed by atoms with Crippen LogP contribution in [-0.2, 0) is 14.3 Å². The van der Waals surface area contributed by atoms with Crippen LogP contribution < -0.4 is 0 Å². The molecule has 5 heteroatoms. The van der Waals surface area contributed by atoms with Crippen molar-refractivity contribution in [3.05, 3.63) is 0 Å². The van der Waals surface area contributed by atoms with Gasteiger partial charge < -0.3 is 14.6 Å². The minimum absolute atomic E-state index is 0.199. The van der Waals surface area contributed by atoms with Crippen LogP contribution in [0.2, 0.25) is 0 Å². The molecule has 0 heterocycles. The van der Waals surface area contributed by atoms with Crippen LogP contribution in [-0.4, -0.2) is 30.9 Å². The van der Waals surface area contributed by atoms with Crippen molar-refractivity contribution in [2.75, 3.05) is 13.7 Å². The average Bonchev–Trinajstić information content (AvgIpc) is 1.99. The molecule has 0 atom stereocenters. The van der Waals surface area contributed by atoms with Gasteiger partial charge in [0, 0.05) is 0 Å². The summed E-state index contributed by atoms with van der Waals surface area (Å²) in [7, 11) is 1.24. The number of carbonyl (C=O) groups is 2. The van der Waals surface area contributed by atoms with Crippen LogP contribution in [0.5, 0.6) is 0 Å². The van der Waals surface area contributed by atoms with E-state index in [4.69, 9.17) is 5.11 Å². The van der Waals surface area contributed by atoms with Crippen molar-refractivity contribution in [3.8, 4) is 0 Å². The second kappa shape index (κ2) is 3.94. The summed E-state index contributed by atoms with van der Waals surface area (Å²) in [4.78, 5) is 20.9. The normalized spacial score (nSPS) is 10.6. The van der Waals surface area contributed by atoms with Gasteiger partial charge in [-0.1, -0.05) is 0 Å². The molecule has 0 aromatic heterocycles. The molecule has 0 aliphatic carbocycles. The molecule has 0 aliphatic heterocycles. The van der Waals surface area contributed by atoms with Crippen molar-refractivity contribution in [2.45, 2.75) is 13.8 Å². The minimum Gasteiger partial charge on any atom is -0.469 e. The lowest BCUT2D eigenvalue weighted by molar-refractivity contribution is -0.153. The number of hydrogen-bond donors (Lipinski definition) is 1. The lowest BCUT2D eigenvalue weighted by Gasteiger charge is -2.19. The molecular weight excluding hydrogens is 164 g/mol. The average molecular weight is 176 g/mol. The third kappa shape index (κ3) is 3.23. The topological polar surface area (TPSA) is 72.8 Å². The first-order valence-corrected chi connectivity index (χ1v) is 3.34. The molecule has 0 aromatic carbocycles. The molecule has 0 amide bonds. The maximum atomic E-state index is 11.0. The highest BCUT2D eigenvalue weighted by atomic mass is 16.7. The second-order valence-electron chi connectivity index (χ2n) is 2.93. The summed E-state index contributed by atoms with van der Waals surface area (Å²) < 4.78 is 8.68. The Morgan fingerprint density at radius 2 is 1.92 bits per heavy atom. The molecule has 0 aromatic rings. The van der Waals surface area contributed by atoms with E-state index < -0.39 is 17.5 Å². The van der Waals surface area contributed by atoms with Gasteiger partial charge in [0.1, 0.15) is 6.61 Å². The molecule has 0 spiro atoms. The number of esters is 1. The number of rotatable bonds is 3. The highest BCUT2D eigenvalue weighted by Gasteiger charge is 2.30. The summed E-state index contributed by atoms with van der Waals surface area (Å²) in [5, 5.41) is 8.16. The molecule has 0 saturated carbocycles. The van der Waals surface area contributed by atoms with Gasteiger partial charge in [-0.3, -0.25) is 4.79 Å². The SMILES string of the molecule is COC(=O)C(C)(C)COC(=O)O. The fourth-order valence-electron chi connectivity index (χ4n) is 0.577. The number of ether oxygens (including phenoxy) is 2. The minimum atomic E-state index is -1.40. The van der Waals surface area contributed by atoms with Crippen LogP contribution in [0.25, 0.3) is 0 Å². The van der Waals surface area contributed by atoms with E-state index >= 15 is 0 Å². The first-order valence-electron chi connectivity index (χ1n) is 3.34. The Bertz CT molecular complexity index is 184. The summed E-state index contributed by atoms with van der Waals surface area (Å²) in [6, 6.07) is 0.